The predicted octanol–water partition coefficient (Wildman–Crippen LogP) is 6.13. The van der Waals surface area contributed by atoms with Crippen molar-refractivity contribution in [3.05, 3.63) is 75.7 Å². The van der Waals surface area contributed by atoms with Gasteiger partial charge in [0.25, 0.3) is 11.1 Å². The fourth-order valence-electron chi connectivity index (χ4n) is 4.63. The van der Waals surface area contributed by atoms with Crippen LogP contribution in [0.2, 0.25) is 5.02 Å². The Morgan fingerprint density at radius 3 is 2.61 bits per heavy atom. The van der Waals surface area contributed by atoms with E-state index in [4.69, 9.17) is 21.1 Å². The molecule has 2 saturated heterocycles. The molecule has 0 saturated carbocycles. The van der Waals surface area contributed by atoms with Gasteiger partial charge < -0.3 is 14.4 Å². The van der Waals surface area contributed by atoms with E-state index in [1.165, 1.54) is 0 Å². The molecule has 5 rings (SSSR count). The summed E-state index contributed by atoms with van der Waals surface area (Å²) in [6.07, 6.45) is 3.48. The third-order valence-electron chi connectivity index (χ3n) is 6.51. The molecule has 2 aliphatic rings. The molecule has 2 fully saturated rings. The van der Waals surface area contributed by atoms with Crippen molar-refractivity contribution in [3.8, 4) is 11.5 Å². The van der Waals surface area contributed by atoms with Gasteiger partial charge in [0, 0.05) is 13.1 Å². The highest BCUT2D eigenvalue weighted by atomic mass is 35.5. The van der Waals surface area contributed by atoms with Gasteiger partial charge in [-0.1, -0.05) is 54.1 Å². The zero-order valence-electron chi connectivity index (χ0n) is 20.9. The Morgan fingerprint density at radius 2 is 1.82 bits per heavy atom. The molecule has 196 valence electrons. The molecule has 0 atom stereocenters. The Bertz CT molecular complexity index is 1430. The predicted molar refractivity (Wildman–Crippen MR) is 149 cm³/mol. The molecule has 3 aromatic carbocycles. The van der Waals surface area contributed by atoms with Crippen molar-refractivity contribution >= 4 is 57.3 Å². The minimum Gasteiger partial charge on any atom is -0.490 e. The molecule has 0 spiro atoms. The summed E-state index contributed by atoms with van der Waals surface area (Å²) in [6.45, 7) is 3.63. The number of fused-ring (bicyclic) bond motifs is 1. The van der Waals surface area contributed by atoms with Gasteiger partial charge >= 0.3 is 0 Å². The lowest BCUT2D eigenvalue weighted by atomic mass is 10.1. The van der Waals surface area contributed by atoms with Crippen LogP contribution in [-0.4, -0.2) is 53.1 Å². The maximum atomic E-state index is 13.0. The molecule has 0 radical (unpaired) electrons. The number of carbonyl (C=O) groups is 3. The Morgan fingerprint density at radius 1 is 1.05 bits per heavy atom. The van der Waals surface area contributed by atoms with E-state index in [1.54, 1.807) is 23.1 Å². The van der Waals surface area contributed by atoms with Crippen molar-refractivity contribution < 1.29 is 23.9 Å². The van der Waals surface area contributed by atoms with Crippen LogP contribution in [0.4, 0.5) is 4.79 Å². The second-order valence-corrected chi connectivity index (χ2v) is 10.4. The summed E-state index contributed by atoms with van der Waals surface area (Å²) < 4.78 is 12.0. The molecule has 0 N–H and O–H groups in total. The first-order valence-electron chi connectivity index (χ1n) is 12.5. The van der Waals surface area contributed by atoms with E-state index in [0.717, 1.165) is 45.8 Å². The SMILES string of the molecule is CCOc1cc(/C=C2/SC(=O)N(CC(=O)N3CCCC3)C2=O)cc(Cl)c1OCc1cccc2ccccc12. The van der Waals surface area contributed by atoms with Crippen LogP contribution in [-0.2, 0) is 16.2 Å². The van der Waals surface area contributed by atoms with E-state index in [1.807, 2.05) is 37.3 Å². The van der Waals surface area contributed by atoms with Crippen LogP contribution >= 0.6 is 23.4 Å². The van der Waals surface area contributed by atoms with Gasteiger partial charge in [0.15, 0.2) is 11.5 Å². The Hall–Kier alpha value is -3.49. The number of benzene rings is 3. The first-order valence-corrected chi connectivity index (χ1v) is 13.7. The molecular weight excluding hydrogens is 524 g/mol. The molecular formula is C29H27ClN2O5S. The molecule has 3 aromatic rings. The number of halogens is 1. The van der Waals surface area contributed by atoms with Gasteiger partial charge in [0.2, 0.25) is 5.91 Å². The lowest BCUT2D eigenvalue weighted by molar-refractivity contribution is -0.135. The first kappa shape index (κ1) is 26.1. The second kappa shape index (κ2) is 11.5. The van der Waals surface area contributed by atoms with E-state index in [-0.39, 0.29) is 17.4 Å². The van der Waals surface area contributed by atoms with Gasteiger partial charge in [-0.05, 0) is 71.6 Å². The lowest BCUT2D eigenvalue weighted by Gasteiger charge is -2.18. The highest BCUT2D eigenvalue weighted by molar-refractivity contribution is 8.18. The van der Waals surface area contributed by atoms with E-state index in [0.29, 0.717) is 48.4 Å². The molecule has 0 unspecified atom stereocenters. The van der Waals surface area contributed by atoms with Gasteiger partial charge in [0.1, 0.15) is 13.2 Å². The smallest absolute Gasteiger partial charge is 0.294 e. The summed E-state index contributed by atoms with van der Waals surface area (Å²) >= 11 is 7.43. The Labute approximate surface area is 230 Å². The fraction of sp³-hybridized carbons (Fsp3) is 0.276. The maximum Gasteiger partial charge on any atom is 0.294 e. The van der Waals surface area contributed by atoms with Crippen LogP contribution in [0, 0.1) is 0 Å². The minimum atomic E-state index is -0.488. The van der Waals surface area contributed by atoms with Crippen LogP contribution < -0.4 is 9.47 Å². The zero-order chi connectivity index (χ0) is 26.6. The van der Waals surface area contributed by atoms with Crippen molar-refractivity contribution in [1.29, 1.82) is 0 Å². The van der Waals surface area contributed by atoms with Gasteiger partial charge in [-0.2, -0.15) is 0 Å². The third kappa shape index (κ3) is 5.51. The molecule has 2 aliphatic heterocycles. The molecule has 0 aromatic heterocycles. The van der Waals surface area contributed by atoms with E-state index in [9.17, 15) is 14.4 Å². The normalized spacial score (nSPS) is 16.6. The number of thioether (sulfide) groups is 1. The summed E-state index contributed by atoms with van der Waals surface area (Å²) in [4.78, 5) is 40.9. The molecule has 0 aliphatic carbocycles. The van der Waals surface area contributed by atoms with Gasteiger partial charge in [-0.25, -0.2) is 0 Å². The van der Waals surface area contributed by atoms with Crippen molar-refractivity contribution in [2.45, 2.75) is 26.4 Å². The average Bonchev–Trinajstić information content (AvgIpc) is 3.54. The second-order valence-electron chi connectivity index (χ2n) is 9.05. The molecule has 38 heavy (non-hydrogen) atoms. The Balaban J connectivity index is 1.35. The maximum absolute atomic E-state index is 13.0. The standard InChI is InChI=1S/C29H27ClN2O5S/c1-2-36-24-15-19(16-25-28(34)32(29(35)38-25)17-26(33)31-12-5-6-13-31)14-23(30)27(24)37-18-21-10-7-9-20-8-3-4-11-22(20)21/h3-4,7-11,14-16H,2,5-6,12-13,17-18H2,1H3/b25-16+. The highest BCUT2D eigenvalue weighted by Crippen LogP contribution is 2.40. The van der Waals surface area contributed by atoms with Crippen molar-refractivity contribution in [1.82, 2.24) is 9.80 Å². The van der Waals surface area contributed by atoms with E-state index >= 15 is 0 Å². The van der Waals surface area contributed by atoms with Gasteiger partial charge in [0.05, 0.1) is 16.5 Å². The summed E-state index contributed by atoms with van der Waals surface area (Å²) in [6, 6.07) is 17.5. The van der Waals surface area contributed by atoms with Crippen LogP contribution in [0.1, 0.15) is 30.9 Å². The largest absolute Gasteiger partial charge is 0.490 e. The summed E-state index contributed by atoms with van der Waals surface area (Å²) in [7, 11) is 0. The number of likely N-dealkylation sites (tertiary alicyclic amines) is 1. The summed E-state index contributed by atoms with van der Waals surface area (Å²) in [5.74, 6) is 0.149. The number of carbonyl (C=O) groups excluding carboxylic acids is 3. The quantitative estimate of drug-likeness (QED) is 0.314. The van der Waals surface area contributed by atoms with Crippen LogP contribution in [0.3, 0.4) is 0 Å². The fourth-order valence-corrected chi connectivity index (χ4v) is 5.74. The van der Waals surface area contributed by atoms with E-state index < -0.39 is 11.1 Å². The topological polar surface area (TPSA) is 76.2 Å². The van der Waals surface area contributed by atoms with Crippen LogP contribution in [0.5, 0.6) is 11.5 Å². The van der Waals surface area contributed by atoms with Crippen molar-refractivity contribution in [3.63, 3.8) is 0 Å². The third-order valence-corrected chi connectivity index (χ3v) is 7.70. The number of nitrogens with zero attached hydrogens (tertiary/aromatic N) is 2. The molecule has 7 nitrogen and oxygen atoms in total. The number of hydrogen-bond acceptors (Lipinski definition) is 6. The molecule has 0 bridgehead atoms. The van der Waals surface area contributed by atoms with Crippen LogP contribution in [0.15, 0.2) is 59.5 Å². The first-order chi connectivity index (χ1) is 18.4. The summed E-state index contributed by atoms with van der Waals surface area (Å²) in [5.41, 5.74) is 1.61. The summed E-state index contributed by atoms with van der Waals surface area (Å²) in [5, 5.41) is 2.08. The highest BCUT2D eigenvalue weighted by Gasteiger charge is 2.37. The molecule has 9 heteroatoms. The molecule has 3 amide bonds. The number of rotatable bonds is 8. The minimum absolute atomic E-state index is 0.208. The number of imide groups is 1. The van der Waals surface area contributed by atoms with E-state index in [2.05, 4.69) is 12.1 Å². The van der Waals surface area contributed by atoms with Gasteiger partial charge in [-0.15, -0.1) is 0 Å². The van der Waals surface area contributed by atoms with Crippen LogP contribution in [0.25, 0.3) is 16.8 Å². The number of amides is 3. The van der Waals surface area contributed by atoms with Crippen molar-refractivity contribution in [2.24, 2.45) is 0 Å². The zero-order valence-corrected chi connectivity index (χ0v) is 22.5. The number of hydrogen-bond donors (Lipinski definition) is 0. The number of ether oxygens (including phenoxy) is 2. The molecule has 2 heterocycles. The monoisotopic (exact) mass is 550 g/mol. The lowest BCUT2D eigenvalue weighted by Crippen LogP contribution is -2.40. The Kier molecular flexibility index (Phi) is 7.90. The van der Waals surface area contributed by atoms with Crippen molar-refractivity contribution in [2.75, 3.05) is 26.2 Å². The van der Waals surface area contributed by atoms with Gasteiger partial charge in [-0.3, -0.25) is 19.3 Å². The average molecular weight is 551 g/mol.